The van der Waals surface area contributed by atoms with Crippen LogP contribution >= 0.6 is 0 Å². The fourth-order valence-electron chi connectivity index (χ4n) is 2.46. The van der Waals surface area contributed by atoms with Crippen molar-refractivity contribution in [3.63, 3.8) is 0 Å². The molecule has 1 atom stereocenters. The summed E-state index contributed by atoms with van der Waals surface area (Å²) in [5.74, 6) is 0. The third-order valence-corrected chi connectivity index (χ3v) is 3.74. The predicted octanol–water partition coefficient (Wildman–Crippen LogP) is 3.82. The van der Waals surface area contributed by atoms with Gasteiger partial charge in [0.25, 0.3) is 0 Å². The lowest BCUT2D eigenvalue weighted by Crippen LogP contribution is -2.20. The molecule has 2 N–H and O–H groups in total. The van der Waals surface area contributed by atoms with Crippen molar-refractivity contribution < 1.29 is 0 Å². The second kappa shape index (κ2) is 10.0. The van der Waals surface area contributed by atoms with Crippen LogP contribution in [0.25, 0.3) is 0 Å². The second-order valence-corrected chi connectivity index (χ2v) is 5.73. The van der Waals surface area contributed by atoms with Crippen molar-refractivity contribution in [3.05, 3.63) is 18.0 Å². The molecule has 110 valence electrons. The van der Waals surface area contributed by atoms with Crippen LogP contribution in [0.2, 0.25) is 0 Å². The first kappa shape index (κ1) is 16.2. The largest absolute Gasteiger partial charge is 0.328 e. The number of unbranched alkanes of at least 4 members (excludes halogenated alkanes) is 6. The van der Waals surface area contributed by atoms with Gasteiger partial charge < -0.3 is 5.73 Å². The molecule has 0 spiro atoms. The van der Waals surface area contributed by atoms with Crippen molar-refractivity contribution in [2.75, 3.05) is 0 Å². The topological polar surface area (TPSA) is 43.8 Å². The van der Waals surface area contributed by atoms with Crippen molar-refractivity contribution in [3.8, 4) is 0 Å². The molecule has 1 heterocycles. The van der Waals surface area contributed by atoms with Gasteiger partial charge in [-0.15, -0.1) is 0 Å². The van der Waals surface area contributed by atoms with Gasteiger partial charge in [-0.25, -0.2) is 0 Å². The summed E-state index contributed by atoms with van der Waals surface area (Å²) in [7, 11) is 1.96. The maximum absolute atomic E-state index is 6.16. The predicted molar refractivity (Wildman–Crippen MR) is 82.1 cm³/mol. The smallest absolute Gasteiger partial charge is 0.0521 e. The molecule has 19 heavy (non-hydrogen) atoms. The van der Waals surface area contributed by atoms with Crippen molar-refractivity contribution >= 4 is 0 Å². The van der Waals surface area contributed by atoms with E-state index in [-0.39, 0.29) is 0 Å². The van der Waals surface area contributed by atoms with Crippen molar-refractivity contribution in [2.24, 2.45) is 12.8 Å². The van der Waals surface area contributed by atoms with Crippen LogP contribution in [0.15, 0.2) is 12.4 Å². The highest BCUT2D eigenvalue weighted by molar-refractivity contribution is 5.03. The summed E-state index contributed by atoms with van der Waals surface area (Å²) < 4.78 is 1.86. The van der Waals surface area contributed by atoms with Crippen LogP contribution in [0.1, 0.15) is 70.3 Å². The molecule has 0 fully saturated rings. The fourth-order valence-corrected chi connectivity index (χ4v) is 2.46. The first-order chi connectivity index (χ1) is 9.22. The van der Waals surface area contributed by atoms with Gasteiger partial charge in [-0.3, -0.25) is 4.68 Å². The Morgan fingerprint density at radius 1 is 1.11 bits per heavy atom. The highest BCUT2D eigenvalue weighted by Gasteiger charge is 2.04. The quantitative estimate of drug-likeness (QED) is 0.618. The SMILES string of the molecule is CCCCCCCCCC(N)CCc1cnn(C)c1. The summed E-state index contributed by atoms with van der Waals surface area (Å²) >= 11 is 0. The molecular weight excluding hydrogens is 234 g/mol. The van der Waals surface area contributed by atoms with E-state index in [2.05, 4.69) is 18.2 Å². The molecule has 0 saturated heterocycles. The van der Waals surface area contributed by atoms with E-state index in [1.54, 1.807) is 0 Å². The Morgan fingerprint density at radius 3 is 2.42 bits per heavy atom. The average Bonchev–Trinajstić information content (AvgIpc) is 2.81. The molecule has 3 nitrogen and oxygen atoms in total. The zero-order valence-electron chi connectivity index (χ0n) is 12.8. The number of nitrogens with zero attached hydrogens (tertiary/aromatic N) is 2. The fraction of sp³-hybridized carbons (Fsp3) is 0.812. The first-order valence-corrected chi connectivity index (χ1v) is 7.95. The van der Waals surface area contributed by atoms with Crippen LogP contribution in [0.5, 0.6) is 0 Å². The van der Waals surface area contributed by atoms with Gasteiger partial charge in [0.05, 0.1) is 6.20 Å². The number of nitrogens with two attached hydrogens (primary N) is 1. The molecule has 0 aliphatic carbocycles. The van der Waals surface area contributed by atoms with E-state index >= 15 is 0 Å². The number of aromatic nitrogens is 2. The molecular formula is C16H31N3. The minimum atomic E-state index is 0.357. The summed E-state index contributed by atoms with van der Waals surface area (Å²) in [4.78, 5) is 0. The van der Waals surface area contributed by atoms with Gasteiger partial charge in [0, 0.05) is 19.3 Å². The lowest BCUT2D eigenvalue weighted by molar-refractivity contribution is 0.510. The third-order valence-electron chi connectivity index (χ3n) is 3.74. The first-order valence-electron chi connectivity index (χ1n) is 7.95. The average molecular weight is 265 g/mol. The lowest BCUT2D eigenvalue weighted by Gasteiger charge is -2.10. The molecule has 0 radical (unpaired) electrons. The molecule has 1 aromatic heterocycles. The van der Waals surface area contributed by atoms with Crippen LogP contribution in [0, 0.1) is 0 Å². The molecule has 0 aliphatic heterocycles. The Labute approximate surface area is 118 Å². The van der Waals surface area contributed by atoms with Gasteiger partial charge in [-0.1, -0.05) is 51.9 Å². The molecule has 0 aromatic carbocycles. The lowest BCUT2D eigenvalue weighted by atomic mass is 10.0. The van der Waals surface area contributed by atoms with Gasteiger partial charge in [0.2, 0.25) is 0 Å². The minimum Gasteiger partial charge on any atom is -0.328 e. The number of aryl methyl sites for hydroxylation is 2. The monoisotopic (exact) mass is 265 g/mol. The summed E-state index contributed by atoms with van der Waals surface area (Å²) in [5, 5.41) is 4.18. The van der Waals surface area contributed by atoms with Crippen LogP contribution in [0.3, 0.4) is 0 Å². The summed E-state index contributed by atoms with van der Waals surface area (Å²) in [6, 6.07) is 0.357. The standard InChI is InChI=1S/C16H31N3/c1-3-4-5-6-7-8-9-10-16(17)12-11-15-13-18-19(2)14-15/h13-14,16H,3-12,17H2,1-2H3. The molecule has 0 aliphatic rings. The zero-order valence-corrected chi connectivity index (χ0v) is 12.8. The Balaban J connectivity index is 1.94. The third kappa shape index (κ3) is 8.04. The van der Waals surface area contributed by atoms with Crippen LogP contribution < -0.4 is 5.73 Å². The molecule has 3 heteroatoms. The molecule has 0 amide bonds. The Hall–Kier alpha value is -0.830. The van der Waals surface area contributed by atoms with E-state index < -0.39 is 0 Å². The highest BCUT2D eigenvalue weighted by Crippen LogP contribution is 2.11. The summed E-state index contributed by atoms with van der Waals surface area (Å²) in [6.45, 7) is 2.27. The summed E-state index contributed by atoms with van der Waals surface area (Å²) in [5.41, 5.74) is 7.47. The molecule has 1 aromatic rings. The van der Waals surface area contributed by atoms with E-state index in [0.717, 1.165) is 12.8 Å². The number of rotatable bonds is 11. The van der Waals surface area contributed by atoms with E-state index in [1.807, 2.05) is 17.9 Å². The minimum absolute atomic E-state index is 0.357. The maximum atomic E-state index is 6.16. The molecule has 0 bridgehead atoms. The zero-order chi connectivity index (χ0) is 13.9. The maximum Gasteiger partial charge on any atom is 0.0521 e. The van der Waals surface area contributed by atoms with Gasteiger partial charge in [-0.2, -0.15) is 5.10 Å². The van der Waals surface area contributed by atoms with Crippen molar-refractivity contribution in [1.82, 2.24) is 9.78 Å². The van der Waals surface area contributed by atoms with Gasteiger partial charge in [0.1, 0.15) is 0 Å². The molecule has 0 saturated carbocycles. The van der Waals surface area contributed by atoms with Gasteiger partial charge in [-0.05, 0) is 24.8 Å². The Morgan fingerprint density at radius 2 is 1.79 bits per heavy atom. The van der Waals surface area contributed by atoms with Crippen molar-refractivity contribution in [1.29, 1.82) is 0 Å². The van der Waals surface area contributed by atoms with Gasteiger partial charge in [0.15, 0.2) is 0 Å². The normalized spacial score (nSPS) is 12.8. The Kier molecular flexibility index (Phi) is 8.55. The van der Waals surface area contributed by atoms with E-state index in [4.69, 9.17) is 5.73 Å². The van der Waals surface area contributed by atoms with E-state index in [1.165, 1.54) is 56.9 Å². The van der Waals surface area contributed by atoms with Crippen molar-refractivity contribution in [2.45, 2.75) is 77.2 Å². The van der Waals surface area contributed by atoms with Crippen LogP contribution in [0.4, 0.5) is 0 Å². The molecule has 1 unspecified atom stereocenters. The number of hydrogen-bond acceptors (Lipinski definition) is 2. The van der Waals surface area contributed by atoms with Crippen LogP contribution in [-0.4, -0.2) is 15.8 Å². The van der Waals surface area contributed by atoms with Crippen LogP contribution in [-0.2, 0) is 13.5 Å². The summed E-state index contributed by atoms with van der Waals surface area (Å²) in [6.07, 6.45) is 16.9. The Bertz CT molecular complexity index is 320. The van der Waals surface area contributed by atoms with E-state index in [0.29, 0.717) is 6.04 Å². The van der Waals surface area contributed by atoms with E-state index in [9.17, 15) is 0 Å². The molecule has 1 rings (SSSR count). The number of hydrogen-bond donors (Lipinski definition) is 1. The second-order valence-electron chi connectivity index (χ2n) is 5.73. The van der Waals surface area contributed by atoms with Gasteiger partial charge >= 0.3 is 0 Å². The highest BCUT2D eigenvalue weighted by atomic mass is 15.2.